The molecule has 1 heterocycles. The van der Waals surface area contributed by atoms with E-state index in [0.29, 0.717) is 11.8 Å². The van der Waals surface area contributed by atoms with Crippen molar-refractivity contribution >= 4 is 0 Å². The summed E-state index contributed by atoms with van der Waals surface area (Å²) in [4.78, 5) is 2.55. The van der Waals surface area contributed by atoms with Crippen molar-refractivity contribution in [2.45, 2.75) is 50.7 Å². The second kappa shape index (κ2) is 5.93. The number of phenolic OH excluding ortho intramolecular Hbond substituents is 1. The highest BCUT2D eigenvalue weighted by Gasteiger charge is 2.31. The Bertz CT molecular complexity index is 411. The summed E-state index contributed by atoms with van der Waals surface area (Å²) in [5, 5.41) is 13.6. The fourth-order valence-corrected chi connectivity index (χ4v) is 3.01. The Kier molecular flexibility index (Phi) is 4.04. The summed E-state index contributed by atoms with van der Waals surface area (Å²) in [6.07, 6.45) is 6.61. The molecule has 0 bridgehead atoms. The van der Waals surface area contributed by atoms with Gasteiger partial charge in [-0.05, 0) is 38.3 Å². The summed E-state index contributed by atoms with van der Waals surface area (Å²) < 4.78 is 0. The van der Waals surface area contributed by atoms with E-state index in [1.807, 2.05) is 18.2 Å². The van der Waals surface area contributed by atoms with Gasteiger partial charge in [-0.1, -0.05) is 24.6 Å². The van der Waals surface area contributed by atoms with Gasteiger partial charge in [0.15, 0.2) is 0 Å². The molecule has 3 rings (SSSR count). The van der Waals surface area contributed by atoms with Gasteiger partial charge in [0.25, 0.3) is 0 Å². The van der Waals surface area contributed by atoms with Crippen molar-refractivity contribution in [3.8, 4) is 5.75 Å². The van der Waals surface area contributed by atoms with Crippen LogP contribution in [0.4, 0.5) is 0 Å². The van der Waals surface area contributed by atoms with Crippen LogP contribution in [0.1, 0.15) is 37.7 Å². The Balaban J connectivity index is 1.62. The summed E-state index contributed by atoms with van der Waals surface area (Å²) in [5.41, 5.74) is 1.06. The molecule has 1 saturated heterocycles. The monoisotopic (exact) mass is 260 g/mol. The number of benzene rings is 1. The lowest BCUT2D eigenvalue weighted by Crippen LogP contribution is -2.44. The first-order valence-corrected chi connectivity index (χ1v) is 7.57. The van der Waals surface area contributed by atoms with E-state index < -0.39 is 0 Å². The molecule has 1 unspecified atom stereocenters. The molecule has 104 valence electrons. The zero-order valence-corrected chi connectivity index (χ0v) is 11.5. The molecule has 1 saturated carbocycles. The van der Waals surface area contributed by atoms with Gasteiger partial charge in [-0.2, -0.15) is 0 Å². The highest BCUT2D eigenvalue weighted by molar-refractivity contribution is 5.31. The average molecular weight is 260 g/mol. The topological polar surface area (TPSA) is 35.5 Å². The van der Waals surface area contributed by atoms with Gasteiger partial charge in [-0.15, -0.1) is 0 Å². The summed E-state index contributed by atoms with van der Waals surface area (Å²) in [7, 11) is 0. The zero-order valence-electron chi connectivity index (χ0n) is 11.5. The molecular formula is C16H24N2O. The normalized spacial score (nSPS) is 23.7. The summed E-state index contributed by atoms with van der Waals surface area (Å²) >= 11 is 0. The molecule has 3 heteroatoms. The number of phenols is 1. The maximum absolute atomic E-state index is 9.93. The number of hydrogen-bond donors (Lipinski definition) is 2. The first kappa shape index (κ1) is 12.9. The predicted molar refractivity (Wildman–Crippen MR) is 77.2 cm³/mol. The van der Waals surface area contributed by atoms with Crippen LogP contribution in [0.2, 0.25) is 0 Å². The van der Waals surface area contributed by atoms with Gasteiger partial charge in [0.1, 0.15) is 5.75 Å². The van der Waals surface area contributed by atoms with Crippen LogP contribution in [0.3, 0.4) is 0 Å². The van der Waals surface area contributed by atoms with Gasteiger partial charge in [-0.3, -0.25) is 4.90 Å². The maximum Gasteiger partial charge on any atom is 0.120 e. The summed E-state index contributed by atoms with van der Waals surface area (Å²) in [5.74, 6) is 0.435. The van der Waals surface area contributed by atoms with E-state index in [1.54, 1.807) is 6.07 Å². The molecule has 19 heavy (non-hydrogen) atoms. The van der Waals surface area contributed by atoms with E-state index in [1.165, 1.54) is 38.6 Å². The fourth-order valence-electron chi connectivity index (χ4n) is 3.01. The molecule has 2 N–H and O–H groups in total. The number of nitrogens with zero attached hydrogens (tertiary/aromatic N) is 1. The minimum Gasteiger partial charge on any atom is -0.508 e. The van der Waals surface area contributed by atoms with Crippen LogP contribution in [0.15, 0.2) is 24.3 Å². The molecule has 1 aromatic carbocycles. The van der Waals surface area contributed by atoms with E-state index in [9.17, 15) is 5.11 Å². The Morgan fingerprint density at radius 3 is 2.68 bits per heavy atom. The number of rotatable bonds is 5. The van der Waals surface area contributed by atoms with Crippen LogP contribution in [-0.4, -0.2) is 35.2 Å². The quantitative estimate of drug-likeness (QED) is 0.854. The van der Waals surface area contributed by atoms with E-state index >= 15 is 0 Å². The third-order valence-corrected chi connectivity index (χ3v) is 4.30. The zero-order chi connectivity index (χ0) is 13.1. The molecule has 0 radical (unpaired) electrons. The van der Waals surface area contributed by atoms with Gasteiger partial charge in [0.05, 0.1) is 0 Å². The number of nitrogens with one attached hydrogen (secondary N) is 1. The molecule has 1 aliphatic carbocycles. The first-order valence-electron chi connectivity index (χ1n) is 7.57. The lowest BCUT2D eigenvalue weighted by molar-refractivity contribution is 0.206. The molecule has 1 aliphatic heterocycles. The molecule has 1 atom stereocenters. The standard InChI is InChI=1S/C16H24N2O/c19-16-7-2-1-5-13(16)11-18(15-8-9-15)12-14-6-3-4-10-17-14/h1-2,5,7,14-15,17,19H,3-4,6,8-12H2. The van der Waals surface area contributed by atoms with Crippen LogP contribution in [0.5, 0.6) is 5.75 Å². The number of hydrogen-bond acceptors (Lipinski definition) is 3. The van der Waals surface area contributed by atoms with E-state index in [4.69, 9.17) is 0 Å². The van der Waals surface area contributed by atoms with Crippen molar-refractivity contribution < 1.29 is 5.11 Å². The molecule has 2 fully saturated rings. The van der Waals surface area contributed by atoms with Gasteiger partial charge in [-0.25, -0.2) is 0 Å². The minimum absolute atomic E-state index is 0.435. The van der Waals surface area contributed by atoms with Crippen molar-refractivity contribution in [1.29, 1.82) is 0 Å². The third kappa shape index (κ3) is 3.48. The SMILES string of the molecule is Oc1ccccc1CN(CC1CCCCN1)C1CC1. The average Bonchev–Trinajstić information content (AvgIpc) is 3.26. The van der Waals surface area contributed by atoms with Crippen LogP contribution in [0.25, 0.3) is 0 Å². The van der Waals surface area contributed by atoms with E-state index in [0.717, 1.165) is 24.7 Å². The minimum atomic E-state index is 0.435. The van der Waals surface area contributed by atoms with Gasteiger partial charge in [0, 0.05) is 30.7 Å². The van der Waals surface area contributed by atoms with Crippen molar-refractivity contribution in [1.82, 2.24) is 10.2 Å². The summed E-state index contributed by atoms with van der Waals surface area (Å²) in [6, 6.07) is 9.11. The molecule has 2 aliphatic rings. The molecule has 0 spiro atoms. The molecule has 0 aromatic heterocycles. The second-order valence-corrected chi connectivity index (χ2v) is 5.94. The second-order valence-electron chi connectivity index (χ2n) is 5.94. The van der Waals surface area contributed by atoms with Crippen molar-refractivity contribution in [3.05, 3.63) is 29.8 Å². The Morgan fingerprint density at radius 2 is 2.00 bits per heavy atom. The summed E-state index contributed by atoms with van der Waals surface area (Å²) in [6.45, 7) is 3.17. The smallest absolute Gasteiger partial charge is 0.120 e. The predicted octanol–water partition coefficient (Wildman–Crippen LogP) is 2.50. The molecule has 1 aromatic rings. The fraction of sp³-hybridized carbons (Fsp3) is 0.625. The number of piperidine rings is 1. The van der Waals surface area contributed by atoms with E-state index in [-0.39, 0.29) is 0 Å². The Morgan fingerprint density at radius 1 is 1.16 bits per heavy atom. The van der Waals surface area contributed by atoms with Crippen LogP contribution in [0, 0.1) is 0 Å². The number of para-hydroxylation sites is 1. The van der Waals surface area contributed by atoms with Crippen molar-refractivity contribution in [2.75, 3.05) is 13.1 Å². The Hall–Kier alpha value is -1.06. The highest BCUT2D eigenvalue weighted by atomic mass is 16.3. The van der Waals surface area contributed by atoms with Crippen LogP contribution < -0.4 is 5.32 Å². The lowest BCUT2D eigenvalue weighted by atomic mass is 10.0. The van der Waals surface area contributed by atoms with Gasteiger partial charge in [0.2, 0.25) is 0 Å². The van der Waals surface area contributed by atoms with Crippen LogP contribution >= 0.6 is 0 Å². The Labute approximate surface area is 115 Å². The van der Waals surface area contributed by atoms with E-state index in [2.05, 4.69) is 10.2 Å². The first-order chi connectivity index (χ1) is 9.33. The third-order valence-electron chi connectivity index (χ3n) is 4.30. The maximum atomic E-state index is 9.93. The number of aromatic hydroxyl groups is 1. The van der Waals surface area contributed by atoms with Gasteiger partial charge < -0.3 is 10.4 Å². The van der Waals surface area contributed by atoms with Crippen molar-refractivity contribution in [2.24, 2.45) is 0 Å². The molecule has 3 nitrogen and oxygen atoms in total. The molecule has 0 amide bonds. The van der Waals surface area contributed by atoms with Gasteiger partial charge >= 0.3 is 0 Å². The largest absolute Gasteiger partial charge is 0.508 e. The lowest BCUT2D eigenvalue weighted by Gasteiger charge is -2.30. The molecular weight excluding hydrogens is 236 g/mol. The van der Waals surface area contributed by atoms with Crippen LogP contribution in [-0.2, 0) is 6.54 Å². The van der Waals surface area contributed by atoms with Crippen molar-refractivity contribution in [3.63, 3.8) is 0 Å². The highest BCUT2D eigenvalue weighted by Crippen LogP contribution is 2.30.